The second-order valence-corrected chi connectivity index (χ2v) is 6.99. The summed E-state index contributed by atoms with van der Waals surface area (Å²) >= 11 is 4.80. The predicted octanol–water partition coefficient (Wildman–Crippen LogP) is 2.43. The molecule has 2 heterocycles. The Hall–Kier alpha value is -0.140. The third-order valence-corrected chi connectivity index (χ3v) is 4.76. The van der Waals surface area contributed by atoms with Crippen LogP contribution in [0.1, 0.15) is 22.5 Å². The standard InChI is InChI=1S/C12H17BrN2O2S.ClH/c1-17-8-12(5-2-6-15-12)7-14-11(16)9-3-4-10(13)18-9;/h3-4,15H,2,5-8H2,1H3,(H,14,16);1H. The first kappa shape index (κ1) is 16.9. The molecule has 1 aliphatic rings. The summed E-state index contributed by atoms with van der Waals surface area (Å²) in [4.78, 5) is 12.7. The summed E-state index contributed by atoms with van der Waals surface area (Å²) in [6, 6.07) is 3.72. The number of nitrogens with one attached hydrogen (secondary N) is 2. The highest BCUT2D eigenvalue weighted by Gasteiger charge is 2.33. The van der Waals surface area contributed by atoms with Gasteiger partial charge in [-0.2, -0.15) is 0 Å². The van der Waals surface area contributed by atoms with Gasteiger partial charge in [-0.25, -0.2) is 0 Å². The van der Waals surface area contributed by atoms with Crippen molar-refractivity contribution in [2.75, 3.05) is 26.8 Å². The fourth-order valence-corrected chi connectivity index (χ4v) is 3.55. The zero-order valence-electron chi connectivity index (χ0n) is 10.7. The van der Waals surface area contributed by atoms with E-state index in [0.717, 1.165) is 28.0 Å². The molecule has 7 heteroatoms. The van der Waals surface area contributed by atoms with Crippen molar-refractivity contribution in [2.45, 2.75) is 18.4 Å². The molecule has 1 aromatic heterocycles. The van der Waals surface area contributed by atoms with Crippen molar-refractivity contribution in [3.05, 3.63) is 20.8 Å². The molecule has 1 amide bonds. The molecule has 1 atom stereocenters. The van der Waals surface area contributed by atoms with Crippen molar-refractivity contribution in [1.29, 1.82) is 0 Å². The molecule has 1 aromatic rings. The normalized spacial score (nSPS) is 22.0. The first-order valence-electron chi connectivity index (χ1n) is 5.93. The smallest absolute Gasteiger partial charge is 0.261 e. The fourth-order valence-electron chi connectivity index (χ4n) is 2.24. The first-order valence-corrected chi connectivity index (χ1v) is 7.54. The number of amides is 1. The number of carbonyl (C=O) groups is 1. The average molecular weight is 370 g/mol. The van der Waals surface area contributed by atoms with Crippen molar-refractivity contribution >= 4 is 45.6 Å². The molecule has 1 saturated heterocycles. The molecule has 108 valence electrons. The summed E-state index contributed by atoms with van der Waals surface area (Å²) in [6.07, 6.45) is 2.17. The van der Waals surface area contributed by atoms with E-state index in [0.29, 0.717) is 13.2 Å². The number of ether oxygens (including phenoxy) is 1. The molecule has 1 unspecified atom stereocenters. The Bertz CT molecular complexity index is 422. The first-order chi connectivity index (χ1) is 8.65. The maximum atomic E-state index is 12.0. The number of hydrogen-bond acceptors (Lipinski definition) is 4. The summed E-state index contributed by atoms with van der Waals surface area (Å²) in [7, 11) is 1.69. The lowest BCUT2D eigenvalue weighted by Gasteiger charge is -2.28. The number of thiophene rings is 1. The zero-order valence-corrected chi connectivity index (χ0v) is 13.9. The Labute approximate surface area is 131 Å². The molecular weight excluding hydrogens is 352 g/mol. The topological polar surface area (TPSA) is 50.4 Å². The highest BCUT2D eigenvalue weighted by atomic mass is 79.9. The van der Waals surface area contributed by atoms with Gasteiger partial charge in [0.05, 0.1) is 20.8 Å². The molecule has 19 heavy (non-hydrogen) atoms. The van der Waals surface area contributed by atoms with Gasteiger partial charge in [-0.3, -0.25) is 4.79 Å². The number of rotatable bonds is 5. The zero-order chi connectivity index (χ0) is 13.0. The quantitative estimate of drug-likeness (QED) is 0.838. The van der Waals surface area contributed by atoms with E-state index in [2.05, 4.69) is 26.6 Å². The van der Waals surface area contributed by atoms with Gasteiger partial charge in [-0.05, 0) is 47.4 Å². The van der Waals surface area contributed by atoms with Gasteiger partial charge in [0.2, 0.25) is 0 Å². The maximum Gasteiger partial charge on any atom is 0.261 e. The van der Waals surface area contributed by atoms with Gasteiger partial charge in [0.25, 0.3) is 5.91 Å². The van der Waals surface area contributed by atoms with Crippen LogP contribution >= 0.6 is 39.7 Å². The van der Waals surface area contributed by atoms with Crippen LogP contribution in [0.15, 0.2) is 15.9 Å². The number of halogens is 2. The molecule has 1 fully saturated rings. The summed E-state index contributed by atoms with van der Waals surface area (Å²) in [5, 5.41) is 6.43. The third kappa shape index (κ3) is 4.43. The van der Waals surface area contributed by atoms with Crippen molar-refractivity contribution in [2.24, 2.45) is 0 Å². The molecule has 4 nitrogen and oxygen atoms in total. The van der Waals surface area contributed by atoms with Crippen LogP contribution in [0.5, 0.6) is 0 Å². The molecule has 0 spiro atoms. The van der Waals surface area contributed by atoms with Crippen LogP contribution in [-0.4, -0.2) is 38.3 Å². The van der Waals surface area contributed by atoms with Crippen LogP contribution < -0.4 is 10.6 Å². The van der Waals surface area contributed by atoms with Gasteiger partial charge in [-0.1, -0.05) is 0 Å². The largest absolute Gasteiger partial charge is 0.383 e. The van der Waals surface area contributed by atoms with Gasteiger partial charge in [0.1, 0.15) is 0 Å². The minimum absolute atomic E-state index is 0. The Morgan fingerprint density at radius 3 is 2.95 bits per heavy atom. The minimum Gasteiger partial charge on any atom is -0.383 e. The summed E-state index contributed by atoms with van der Waals surface area (Å²) < 4.78 is 6.22. The molecular formula is C12H18BrClN2O2S. The molecule has 0 aromatic carbocycles. The van der Waals surface area contributed by atoms with Crippen molar-refractivity contribution in [3.63, 3.8) is 0 Å². The predicted molar refractivity (Wildman–Crippen MR) is 83.4 cm³/mol. The van der Waals surface area contributed by atoms with Crippen LogP contribution in [0.2, 0.25) is 0 Å². The van der Waals surface area contributed by atoms with Crippen molar-refractivity contribution in [1.82, 2.24) is 10.6 Å². The second kappa shape index (κ2) is 7.59. The van der Waals surface area contributed by atoms with Crippen LogP contribution in [0.3, 0.4) is 0 Å². The minimum atomic E-state index is -0.0983. The van der Waals surface area contributed by atoms with E-state index in [1.54, 1.807) is 7.11 Å². The van der Waals surface area contributed by atoms with E-state index in [4.69, 9.17) is 4.74 Å². The Morgan fingerprint density at radius 2 is 2.42 bits per heavy atom. The van der Waals surface area contributed by atoms with Crippen molar-refractivity contribution in [3.8, 4) is 0 Å². The van der Waals surface area contributed by atoms with Crippen molar-refractivity contribution < 1.29 is 9.53 Å². The van der Waals surface area contributed by atoms with E-state index < -0.39 is 0 Å². The Kier molecular flexibility index (Phi) is 6.76. The number of methoxy groups -OCH3 is 1. The number of carbonyl (C=O) groups excluding carboxylic acids is 1. The SMILES string of the molecule is COCC1(CNC(=O)c2ccc(Br)s2)CCCN1.Cl. The highest BCUT2D eigenvalue weighted by Crippen LogP contribution is 2.23. The van der Waals surface area contributed by atoms with E-state index in [9.17, 15) is 4.79 Å². The van der Waals surface area contributed by atoms with E-state index in [-0.39, 0.29) is 23.9 Å². The maximum absolute atomic E-state index is 12.0. The monoisotopic (exact) mass is 368 g/mol. The molecule has 0 aliphatic carbocycles. The second-order valence-electron chi connectivity index (χ2n) is 4.53. The Balaban J connectivity index is 0.00000180. The van der Waals surface area contributed by atoms with Crippen LogP contribution in [0.25, 0.3) is 0 Å². The highest BCUT2D eigenvalue weighted by molar-refractivity contribution is 9.11. The fraction of sp³-hybridized carbons (Fsp3) is 0.583. The third-order valence-electron chi connectivity index (χ3n) is 3.14. The van der Waals surface area contributed by atoms with Gasteiger partial charge < -0.3 is 15.4 Å². The van der Waals surface area contributed by atoms with Crippen LogP contribution in [0, 0.1) is 0 Å². The lowest BCUT2D eigenvalue weighted by Crippen LogP contribution is -2.52. The van der Waals surface area contributed by atoms with Crippen LogP contribution in [0.4, 0.5) is 0 Å². The Morgan fingerprint density at radius 1 is 1.63 bits per heavy atom. The molecule has 0 bridgehead atoms. The van der Waals surface area contributed by atoms with Crippen LogP contribution in [-0.2, 0) is 4.74 Å². The molecule has 0 radical (unpaired) electrons. The van der Waals surface area contributed by atoms with Gasteiger partial charge in [-0.15, -0.1) is 23.7 Å². The lowest BCUT2D eigenvalue weighted by atomic mass is 9.98. The lowest BCUT2D eigenvalue weighted by molar-refractivity contribution is 0.0896. The van der Waals surface area contributed by atoms with E-state index >= 15 is 0 Å². The van der Waals surface area contributed by atoms with E-state index in [1.807, 2.05) is 12.1 Å². The average Bonchev–Trinajstić information content (AvgIpc) is 2.97. The van der Waals surface area contributed by atoms with Gasteiger partial charge >= 0.3 is 0 Å². The molecule has 2 N–H and O–H groups in total. The number of hydrogen-bond donors (Lipinski definition) is 2. The summed E-state index contributed by atoms with van der Waals surface area (Å²) in [5.41, 5.74) is -0.0983. The molecule has 0 saturated carbocycles. The van der Waals surface area contributed by atoms with Gasteiger partial charge in [0.15, 0.2) is 0 Å². The molecule has 1 aliphatic heterocycles. The molecule has 2 rings (SSSR count). The van der Waals surface area contributed by atoms with Gasteiger partial charge in [0, 0.05) is 13.7 Å². The summed E-state index contributed by atoms with van der Waals surface area (Å²) in [6.45, 7) is 2.22. The summed E-state index contributed by atoms with van der Waals surface area (Å²) in [5.74, 6) is -0.0186. The van der Waals surface area contributed by atoms with E-state index in [1.165, 1.54) is 11.3 Å².